The number of hydrogen-bond acceptors (Lipinski definition) is 2. The Labute approximate surface area is 134 Å². The zero-order chi connectivity index (χ0) is 12.7. The fourth-order valence-corrected chi connectivity index (χ4v) is 6.98. The molecule has 0 saturated heterocycles. The zero-order valence-corrected chi connectivity index (χ0v) is 14.7. The number of alkyl halides is 1. The average Bonchev–Trinajstić information content (AvgIpc) is 1.97. The van der Waals surface area contributed by atoms with Gasteiger partial charge < -0.3 is 11.5 Å². The predicted molar refractivity (Wildman–Crippen MR) is 87.5 cm³/mol. The van der Waals surface area contributed by atoms with Gasteiger partial charge in [-0.15, -0.1) is 0 Å². The lowest BCUT2D eigenvalue weighted by molar-refractivity contribution is -0.121. The number of hydrogen-bond donors (Lipinski definition) is 2. The van der Waals surface area contributed by atoms with E-state index in [9.17, 15) is 9.59 Å². The molecule has 88 valence electrons. The minimum Gasteiger partial charge on any atom is -0.369 e. The van der Waals surface area contributed by atoms with Crippen molar-refractivity contribution < 1.29 is 9.59 Å². The van der Waals surface area contributed by atoms with Crippen LogP contribution in [0.1, 0.15) is 6.92 Å². The fraction of sp³-hybridized carbons (Fsp3) is 0.333. The van der Waals surface area contributed by atoms with Crippen molar-refractivity contribution in [3.8, 4) is 0 Å². The minimum atomic E-state index is -0.683. The van der Waals surface area contributed by atoms with E-state index in [1.165, 1.54) is 0 Å². The highest BCUT2D eigenvalue weighted by Gasteiger charge is 2.46. The van der Waals surface area contributed by atoms with Crippen molar-refractivity contribution in [1.82, 2.24) is 0 Å². The minimum absolute atomic E-state index is 0.444. The first kappa shape index (κ1) is 14.7. The molecule has 0 bridgehead atoms. The summed E-state index contributed by atoms with van der Waals surface area (Å²) >= 11 is 6.19. The molecule has 2 amide bonds. The summed E-state index contributed by atoms with van der Waals surface area (Å²) in [5, 5.41) is 0. The fourth-order valence-electron chi connectivity index (χ4n) is 1.67. The lowest BCUT2D eigenvalue weighted by atomic mass is 9.82. The molecule has 2 atom stereocenters. The van der Waals surface area contributed by atoms with Gasteiger partial charge in [-0.25, -0.2) is 0 Å². The molecule has 4 N–H and O–H groups in total. The number of primary amides is 2. The molecule has 16 heavy (non-hydrogen) atoms. The third-order valence-electron chi connectivity index (χ3n) is 2.34. The first-order valence-corrected chi connectivity index (χ1v) is 7.48. The van der Waals surface area contributed by atoms with Crippen molar-refractivity contribution in [2.45, 2.75) is 10.3 Å². The summed E-state index contributed by atoms with van der Waals surface area (Å²) in [7, 11) is 0. The van der Waals surface area contributed by atoms with Crippen molar-refractivity contribution in [2.75, 3.05) is 0 Å². The third kappa shape index (κ3) is 2.54. The van der Waals surface area contributed by atoms with Gasteiger partial charge in [-0.2, -0.15) is 0 Å². The molecular weight excluding hydrogens is 549 g/mol. The van der Waals surface area contributed by atoms with Gasteiger partial charge in [0.05, 0.1) is 9.34 Å². The maximum atomic E-state index is 11.4. The molecule has 4 nitrogen and oxygen atoms in total. The second-order valence-corrected chi connectivity index (χ2v) is 8.18. The lowest BCUT2D eigenvalue weighted by Crippen LogP contribution is -2.45. The summed E-state index contributed by atoms with van der Waals surface area (Å²) < 4.78 is 0.914. The van der Waals surface area contributed by atoms with Crippen molar-refractivity contribution in [3.05, 3.63) is 18.8 Å². The number of nitrogens with two attached hydrogens (primary N) is 2. The topological polar surface area (TPSA) is 86.2 Å². The van der Waals surface area contributed by atoms with E-state index in [-0.39, 0.29) is 0 Å². The van der Waals surface area contributed by atoms with Crippen LogP contribution in [0.5, 0.6) is 0 Å². The SMILES string of the molecule is CC1(I)C(C(N)=O)=C(I)C=C(I)C1C(N)=O. The normalized spacial score (nSPS) is 30.0. The van der Waals surface area contributed by atoms with Gasteiger partial charge in [0.2, 0.25) is 11.8 Å². The van der Waals surface area contributed by atoms with Crippen molar-refractivity contribution in [1.29, 1.82) is 0 Å². The first-order valence-electron chi connectivity index (χ1n) is 4.25. The van der Waals surface area contributed by atoms with Gasteiger partial charge in [-0.3, -0.25) is 9.59 Å². The summed E-state index contributed by atoms with van der Waals surface area (Å²) in [5.41, 5.74) is 11.2. The number of amides is 2. The molecule has 0 aromatic heterocycles. The second-order valence-electron chi connectivity index (χ2n) is 3.53. The van der Waals surface area contributed by atoms with E-state index in [1.54, 1.807) is 13.0 Å². The Morgan fingerprint density at radius 3 is 2.25 bits per heavy atom. The zero-order valence-electron chi connectivity index (χ0n) is 8.26. The molecular formula is C9H9I3N2O2. The van der Waals surface area contributed by atoms with Crippen LogP contribution in [0.4, 0.5) is 0 Å². The maximum absolute atomic E-state index is 11.4. The van der Waals surface area contributed by atoms with Crippen molar-refractivity contribution in [2.24, 2.45) is 17.4 Å². The predicted octanol–water partition coefficient (Wildman–Crippen LogP) is 1.79. The molecule has 1 rings (SSSR count). The third-order valence-corrected chi connectivity index (χ3v) is 5.29. The first-order chi connectivity index (χ1) is 7.19. The Morgan fingerprint density at radius 1 is 1.38 bits per heavy atom. The summed E-state index contributed by atoms with van der Waals surface area (Å²) in [5.74, 6) is -1.46. The number of rotatable bonds is 2. The molecule has 0 aromatic rings. The molecule has 0 saturated carbocycles. The molecule has 7 heteroatoms. The molecule has 1 aliphatic carbocycles. The smallest absolute Gasteiger partial charge is 0.247 e. The van der Waals surface area contributed by atoms with Crippen LogP contribution in [0.15, 0.2) is 18.8 Å². The van der Waals surface area contributed by atoms with Crippen molar-refractivity contribution >= 4 is 79.6 Å². The Morgan fingerprint density at radius 2 is 1.88 bits per heavy atom. The quantitative estimate of drug-likeness (QED) is 0.401. The van der Waals surface area contributed by atoms with Gasteiger partial charge in [0.1, 0.15) is 0 Å². The second kappa shape index (κ2) is 5.08. The van der Waals surface area contributed by atoms with E-state index >= 15 is 0 Å². The molecule has 0 heterocycles. The van der Waals surface area contributed by atoms with E-state index in [4.69, 9.17) is 11.5 Å². The molecule has 0 aromatic carbocycles. The average molecular weight is 558 g/mol. The largest absolute Gasteiger partial charge is 0.369 e. The lowest BCUT2D eigenvalue weighted by Gasteiger charge is -2.35. The van der Waals surface area contributed by atoms with Crippen LogP contribution in [-0.4, -0.2) is 15.2 Å². The van der Waals surface area contributed by atoms with Crippen LogP contribution in [0.25, 0.3) is 0 Å². The van der Waals surface area contributed by atoms with Crippen LogP contribution < -0.4 is 11.5 Å². The van der Waals surface area contributed by atoms with Crippen LogP contribution >= 0.6 is 67.8 Å². The number of carbonyl (C=O) groups excluding carboxylic acids is 2. The molecule has 1 aliphatic rings. The maximum Gasteiger partial charge on any atom is 0.247 e. The van der Waals surface area contributed by atoms with Gasteiger partial charge in [0.25, 0.3) is 0 Å². The number of allylic oxidation sites excluding steroid dienone is 2. The molecule has 0 spiro atoms. The molecule has 0 radical (unpaired) electrons. The van der Waals surface area contributed by atoms with E-state index in [2.05, 4.69) is 45.2 Å². The molecule has 0 aliphatic heterocycles. The van der Waals surface area contributed by atoms with Gasteiger partial charge >= 0.3 is 0 Å². The van der Waals surface area contributed by atoms with E-state index < -0.39 is 21.2 Å². The Hall–Kier alpha value is 0.610. The molecule has 2 unspecified atom stereocenters. The Kier molecular flexibility index (Phi) is 4.66. The monoisotopic (exact) mass is 558 g/mol. The molecule has 0 fully saturated rings. The highest BCUT2D eigenvalue weighted by molar-refractivity contribution is 14.1. The van der Waals surface area contributed by atoms with Crippen LogP contribution in [0, 0.1) is 5.92 Å². The number of carbonyl (C=O) groups is 2. The van der Waals surface area contributed by atoms with Crippen LogP contribution in [-0.2, 0) is 9.59 Å². The van der Waals surface area contributed by atoms with Crippen molar-refractivity contribution in [3.63, 3.8) is 0 Å². The standard InChI is InChI=1S/C9H9I3N2O2/c1-9(12)5(7(13)15)3(10)2-4(11)6(9)8(14)16/h2,5H,1H3,(H2,13,15)(H2,14,16). The summed E-state index contributed by atoms with van der Waals surface area (Å²) in [6.45, 7) is 1.80. The van der Waals surface area contributed by atoms with Gasteiger partial charge in [-0.1, -0.05) is 22.6 Å². The van der Waals surface area contributed by atoms with Crippen LogP contribution in [0.2, 0.25) is 0 Å². The van der Waals surface area contributed by atoms with Crippen LogP contribution in [0.3, 0.4) is 0 Å². The summed E-state index contributed by atoms with van der Waals surface area (Å²) in [6, 6.07) is 0. The van der Waals surface area contributed by atoms with E-state index in [1.807, 2.05) is 22.6 Å². The van der Waals surface area contributed by atoms with E-state index in [0.717, 1.165) is 7.16 Å². The Balaban J connectivity index is 3.43. The highest BCUT2D eigenvalue weighted by atomic mass is 127. The van der Waals surface area contributed by atoms with E-state index in [0.29, 0.717) is 5.57 Å². The van der Waals surface area contributed by atoms with Gasteiger partial charge in [0, 0.05) is 12.7 Å². The van der Waals surface area contributed by atoms with Gasteiger partial charge in [0.15, 0.2) is 0 Å². The highest BCUT2D eigenvalue weighted by Crippen LogP contribution is 2.47. The Bertz CT molecular complexity index is 426. The summed E-state index contributed by atoms with van der Waals surface area (Å²) in [4.78, 5) is 22.9. The summed E-state index contributed by atoms with van der Waals surface area (Å²) in [6.07, 6.45) is 1.77. The number of halogens is 3. The van der Waals surface area contributed by atoms with Gasteiger partial charge in [-0.05, 0) is 58.2 Å².